The van der Waals surface area contributed by atoms with E-state index in [1.165, 1.54) is 6.07 Å². The van der Waals surface area contributed by atoms with Crippen molar-refractivity contribution in [3.8, 4) is 23.7 Å². The van der Waals surface area contributed by atoms with E-state index in [1.54, 1.807) is 48.6 Å². The number of thioether (sulfide) groups is 1. The van der Waals surface area contributed by atoms with Crippen molar-refractivity contribution in [1.82, 2.24) is 0 Å². The minimum Gasteiger partial charge on any atom is -0.287 e. The van der Waals surface area contributed by atoms with Crippen LogP contribution in [0.15, 0.2) is 87.9 Å². The van der Waals surface area contributed by atoms with E-state index in [0.29, 0.717) is 28.0 Å². The average Bonchev–Trinajstić information content (AvgIpc) is 3.02. The van der Waals surface area contributed by atoms with Gasteiger partial charge < -0.3 is 0 Å². The molecule has 0 aliphatic heterocycles. The molecule has 3 rings (SSSR count). The summed E-state index contributed by atoms with van der Waals surface area (Å²) in [5.41, 5.74) is 5.21. The molecular weight excluding hydrogens is 438 g/mol. The van der Waals surface area contributed by atoms with Crippen LogP contribution >= 0.6 is 24.4 Å². The predicted molar refractivity (Wildman–Crippen MR) is 131 cm³/mol. The maximum absolute atomic E-state index is 11.6. The van der Waals surface area contributed by atoms with Gasteiger partial charge in [-0.3, -0.25) is 14.9 Å². The Bertz CT molecular complexity index is 1320. The monoisotopic (exact) mass is 455 g/mol. The lowest BCUT2D eigenvalue weighted by molar-refractivity contribution is -0.385. The van der Waals surface area contributed by atoms with E-state index in [2.05, 4.69) is 42.0 Å². The third-order valence-corrected chi connectivity index (χ3v) is 5.46. The molecular formula is C26H17NO3S2. The number of hydrogen-bond acceptors (Lipinski definition) is 5. The first-order chi connectivity index (χ1) is 15.4. The SMILES string of the molecule is CCC(=O)SC1=C=CC=C(C#Cc2ccc(C#Cc3ccc(S)cc3)c([N+](=O)[O-])c2)C=C1. The summed E-state index contributed by atoms with van der Waals surface area (Å²) in [5, 5.41) is 11.6. The first kappa shape index (κ1) is 23.0. The van der Waals surface area contributed by atoms with Crippen molar-refractivity contribution in [1.29, 1.82) is 0 Å². The molecule has 0 N–H and O–H groups in total. The van der Waals surface area contributed by atoms with Crippen molar-refractivity contribution < 1.29 is 9.72 Å². The fourth-order valence-corrected chi connectivity index (χ4v) is 3.32. The molecule has 1 aliphatic carbocycles. The van der Waals surface area contributed by atoms with Crippen LogP contribution in [0, 0.1) is 33.8 Å². The van der Waals surface area contributed by atoms with Gasteiger partial charge in [-0.15, -0.1) is 18.4 Å². The van der Waals surface area contributed by atoms with Crippen molar-refractivity contribution >= 4 is 35.2 Å². The van der Waals surface area contributed by atoms with Crippen LogP contribution in [0.3, 0.4) is 0 Å². The van der Waals surface area contributed by atoms with Gasteiger partial charge in [0.05, 0.1) is 9.83 Å². The molecule has 1 aliphatic rings. The number of thiol groups is 1. The molecule has 0 unspecified atom stereocenters. The highest BCUT2D eigenvalue weighted by Gasteiger charge is 2.12. The molecule has 0 saturated carbocycles. The van der Waals surface area contributed by atoms with Crippen molar-refractivity contribution in [2.75, 3.05) is 0 Å². The summed E-state index contributed by atoms with van der Waals surface area (Å²) in [4.78, 5) is 24.2. The van der Waals surface area contributed by atoms with E-state index in [0.717, 1.165) is 22.2 Å². The van der Waals surface area contributed by atoms with Gasteiger partial charge >= 0.3 is 0 Å². The Morgan fingerprint density at radius 1 is 1.06 bits per heavy atom. The van der Waals surface area contributed by atoms with E-state index in [-0.39, 0.29) is 10.8 Å². The van der Waals surface area contributed by atoms with Crippen LogP contribution in [-0.4, -0.2) is 10.0 Å². The molecule has 32 heavy (non-hydrogen) atoms. The Balaban J connectivity index is 1.80. The lowest BCUT2D eigenvalue weighted by Gasteiger charge is -1.97. The van der Waals surface area contributed by atoms with E-state index in [1.807, 2.05) is 19.1 Å². The highest BCUT2D eigenvalue weighted by atomic mass is 32.2. The molecule has 0 bridgehead atoms. The maximum Gasteiger partial charge on any atom is 0.286 e. The quantitative estimate of drug-likeness (QED) is 0.208. The molecule has 156 valence electrons. The molecule has 0 amide bonds. The molecule has 0 radical (unpaired) electrons. The number of nitro benzene ring substituents is 1. The summed E-state index contributed by atoms with van der Waals surface area (Å²) in [6.07, 6.45) is 7.50. The van der Waals surface area contributed by atoms with E-state index < -0.39 is 4.92 Å². The summed E-state index contributed by atoms with van der Waals surface area (Å²) < 4.78 is 0. The maximum atomic E-state index is 11.6. The summed E-state index contributed by atoms with van der Waals surface area (Å²) in [5.74, 6) is 11.7. The number of nitro groups is 1. The van der Waals surface area contributed by atoms with Crippen molar-refractivity contribution in [2.24, 2.45) is 0 Å². The Hall–Kier alpha value is -3.67. The molecule has 0 aromatic heterocycles. The molecule has 0 fully saturated rings. The van der Waals surface area contributed by atoms with E-state index >= 15 is 0 Å². The lowest BCUT2D eigenvalue weighted by Crippen LogP contribution is -1.93. The zero-order chi connectivity index (χ0) is 22.9. The standard InChI is InChI=1S/C26H17NO3S2/c1-2-26(28)32-24-5-3-4-19(12-17-24)6-7-21-9-14-22(25(18-21)27(29)30)13-8-20-10-15-23(31)16-11-20/h3-4,9-12,14-18,31H,2H2,1H3. The second-order valence-electron chi connectivity index (χ2n) is 6.49. The zero-order valence-corrected chi connectivity index (χ0v) is 18.8. The van der Waals surface area contributed by atoms with Crippen molar-refractivity contribution in [2.45, 2.75) is 18.2 Å². The number of rotatable bonds is 3. The lowest BCUT2D eigenvalue weighted by atomic mass is 10.1. The highest BCUT2D eigenvalue weighted by molar-refractivity contribution is 8.17. The van der Waals surface area contributed by atoms with Gasteiger partial charge in [0.15, 0.2) is 5.12 Å². The molecule has 0 spiro atoms. The second-order valence-corrected chi connectivity index (χ2v) is 8.11. The van der Waals surface area contributed by atoms with Crippen LogP contribution in [0.2, 0.25) is 0 Å². The number of hydrogen-bond donors (Lipinski definition) is 1. The minimum atomic E-state index is -0.461. The van der Waals surface area contributed by atoms with Crippen LogP contribution < -0.4 is 0 Å². The third-order valence-electron chi connectivity index (χ3n) is 4.17. The molecule has 0 heterocycles. The largest absolute Gasteiger partial charge is 0.287 e. The summed E-state index contributed by atoms with van der Waals surface area (Å²) in [6, 6.07) is 12.0. The number of nitrogens with zero attached hydrogens (tertiary/aromatic N) is 1. The van der Waals surface area contributed by atoms with Gasteiger partial charge in [0.1, 0.15) is 5.56 Å². The molecule has 2 aromatic rings. The first-order valence-corrected chi connectivity index (χ1v) is 10.9. The van der Waals surface area contributed by atoms with Crippen LogP contribution in [0.1, 0.15) is 30.0 Å². The molecule has 0 atom stereocenters. The van der Waals surface area contributed by atoms with Gasteiger partial charge in [-0.1, -0.05) is 30.6 Å². The van der Waals surface area contributed by atoms with Crippen LogP contribution in [0.25, 0.3) is 0 Å². The fraction of sp³-hybridized carbons (Fsp3) is 0.0769. The third kappa shape index (κ3) is 6.67. The molecule has 0 saturated heterocycles. The smallest absolute Gasteiger partial charge is 0.286 e. The molecule has 4 nitrogen and oxygen atoms in total. The zero-order valence-electron chi connectivity index (χ0n) is 17.1. The number of allylic oxidation sites excluding steroid dienone is 4. The summed E-state index contributed by atoms with van der Waals surface area (Å²) >= 11 is 5.37. The Morgan fingerprint density at radius 3 is 2.50 bits per heavy atom. The highest BCUT2D eigenvalue weighted by Crippen LogP contribution is 2.21. The van der Waals surface area contributed by atoms with Gasteiger partial charge in [-0.25, -0.2) is 0 Å². The minimum absolute atomic E-state index is 0.0642. The van der Waals surface area contributed by atoms with Crippen molar-refractivity contribution in [3.05, 3.63) is 110 Å². The van der Waals surface area contributed by atoms with Crippen LogP contribution in [0.4, 0.5) is 5.69 Å². The molecule has 6 heteroatoms. The van der Waals surface area contributed by atoms with Gasteiger partial charge in [0.25, 0.3) is 5.69 Å². The normalized spacial score (nSPS) is 11.8. The Kier molecular flexibility index (Phi) is 7.97. The number of carbonyl (C=O) groups is 1. The molecule has 2 aromatic carbocycles. The van der Waals surface area contributed by atoms with Gasteiger partial charge in [0, 0.05) is 34.1 Å². The van der Waals surface area contributed by atoms with Gasteiger partial charge in [-0.2, -0.15) is 0 Å². The van der Waals surface area contributed by atoms with E-state index in [4.69, 9.17) is 0 Å². The van der Waals surface area contributed by atoms with E-state index in [9.17, 15) is 14.9 Å². The Morgan fingerprint density at radius 2 is 1.78 bits per heavy atom. The van der Waals surface area contributed by atoms with Gasteiger partial charge in [-0.05, 0) is 72.5 Å². The van der Waals surface area contributed by atoms with Crippen LogP contribution in [0.5, 0.6) is 0 Å². The Labute approximate surface area is 196 Å². The topological polar surface area (TPSA) is 60.2 Å². The van der Waals surface area contributed by atoms with Crippen molar-refractivity contribution in [3.63, 3.8) is 0 Å². The second kappa shape index (κ2) is 11.1. The fourth-order valence-electron chi connectivity index (χ4n) is 2.52. The number of benzene rings is 2. The summed E-state index contributed by atoms with van der Waals surface area (Å²) in [6.45, 7) is 1.81. The van der Waals surface area contributed by atoms with Gasteiger partial charge in [0.2, 0.25) is 0 Å². The first-order valence-electron chi connectivity index (χ1n) is 9.62. The number of carbonyl (C=O) groups excluding carboxylic acids is 1. The average molecular weight is 456 g/mol. The summed E-state index contributed by atoms with van der Waals surface area (Å²) in [7, 11) is 0. The van der Waals surface area contributed by atoms with Crippen LogP contribution in [-0.2, 0) is 4.79 Å². The predicted octanol–water partition coefficient (Wildman–Crippen LogP) is 5.84.